The van der Waals surface area contributed by atoms with Crippen molar-refractivity contribution in [3.63, 3.8) is 0 Å². The Morgan fingerprint density at radius 1 is 1.33 bits per heavy atom. The highest BCUT2D eigenvalue weighted by Crippen LogP contribution is 2.39. The van der Waals surface area contributed by atoms with E-state index in [2.05, 4.69) is 26.6 Å². The zero-order valence-electron chi connectivity index (χ0n) is 11.3. The topological polar surface area (TPSA) is 47.5 Å². The molecule has 0 radical (unpaired) electrons. The van der Waals surface area contributed by atoms with Gasteiger partial charge in [-0.2, -0.15) is 0 Å². The molecule has 5 nitrogen and oxygen atoms in total. The highest BCUT2D eigenvalue weighted by Gasteiger charge is 2.28. The molecule has 0 unspecified atom stereocenters. The third kappa shape index (κ3) is 2.47. The highest BCUT2D eigenvalue weighted by molar-refractivity contribution is 7.10. The molecule has 1 aromatic carbocycles. The van der Waals surface area contributed by atoms with Gasteiger partial charge in [0.05, 0.1) is 0 Å². The summed E-state index contributed by atoms with van der Waals surface area (Å²) < 4.78 is 15.4. The molecule has 0 spiro atoms. The number of hydrogen-bond acceptors (Lipinski definition) is 6. The maximum Gasteiger partial charge on any atom is 0.231 e. The number of benzene rings is 1. The summed E-state index contributed by atoms with van der Waals surface area (Å²) >= 11 is 7.36. The number of likely N-dealkylation sites (tertiary alicyclic amines) is 1. The molecule has 1 aromatic heterocycles. The fourth-order valence-corrected chi connectivity index (χ4v) is 3.61. The van der Waals surface area contributed by atoms with Crippen molar-refractivity contribution in [2.24, 2.45) is 0 Å². The van der Waals surface area contributed by atoms with Gasteiger partial charge < -0.3 is 9.47 Å². The van der Waals surface area contributed by atoms with Crippen LogP contribution in [-0.4, -0.2) is 27.8 Å². The first-order valence-electron chi connectivity index (χ1n) is 6.91. The number of aromatic nitrogens is 2. The van der Waals surface area contributed by atoms with Crippen LogP contribution in [0.15, 0.2) is 18.2 Å². The van der Waals surface area contributed by atoms with Gasteiger partial charge in [0.15, 0.2) is 11.5 Å². The van der Waals surface area contributed by atoms with Crippen LogP contribution in [-0.2, 0) is 6.54 Å². The van der Waals surface area contributed by atoms with Crippen LogP contribution in [0.2, 0.25) is 4.34 Å². The van der Waals surface area contributed by atoms with Crippen LogP contribution in [0.5, 0.6) is 11.5 Å². The molecular weight excluding hydrogens is 310 g/mol. The van der Waals surface area contributed by atoms with Gasteiger partial charge in [-0.25, -0.2) is 0 Å². The minimum Gasteiger partial charge on any atom is -0.454 e. The third-order valence-electron chi connectivity index (χ3n) is 4.01. The second-order valence-electron chi connectivity index (χ2n) is 5.23. The molecule has 0 aliphatic carbocycles. The van der Waals surface area contributed by atoms with Crippen molar-refractivity contribution in [2.75, 3.05) is 13.3 Å². The average molecular weight is 324 g/mol. The number of nitrogens with zero attached hydrogens (tertiary/aromatic N) is 3. The van der Waals surface area contributed by atoms with Crippen LogP contribution in [0.1, 0.15) is 30.1 Å². The normalized spacial score (nSPS) is 21.1. The van der Waals surface area contributed by atoms with Gasteiger partial charge in [0.2, 0.25) is 6.79 Å². The Bertz CT molecular complexity index is 663. The van der Waals surface area contributed by atoms with Crippen molar-refractivity contribution in [3.05, 3.63) is 33.8 Å². The summed E-state index contributed by atoms with van der Waals surface area (Å²) in [6.07, 6.45) is 2.31. The second-order valence-corrected chi connectivity index (χ2v) is 6.59. The standard InChI is InChI=1S/C14H14ClN3O2S/c15-14-10(16-17-21-14)7-18-5-1-2-11(18)9-3-4-12-13(6-9)20-8-19-12/h3-4,6,11H,1-2,5,7-8H2/t11-/m1/s1. The lowest BCUT2D eigenvalue weighted by Crippen LogP contribution is -2.23. The molecule has 110 valence electrons. The van der Waals surface area contributed by atoms with Crippen molar-refractivity contribution in [3.8, 4) is 11.5 Å². The van der Waals surface area contributed by atoms with Gasteiger partial charge in [-0.1, -0.05) is 22.2 Å². The van der Waals surface area contributed by atoms with Gasteiger partial charge in [-0.05, 0) is 37.1 Å². The molecule has 4 rings (SSSR count). The molecule has 0 N–H and O–H groups in total. The first kappa shape index (κ1) is 13.3. The molecule has 2 aliphatic rings. The van der Waals surface area contributed by atoms with E-state index in [4.69, 9.17) is 21.1 Å². The van der Waals surface area contributed by atoms with Crippen LogP contribution in [0.4, 0.5) is 0 Å². The number of hydrogen-bond donors (Lipinski definition) is 0. The summed E-state index contributed by atoms with van der Waals surface area (Å²) in [6.45, 7) is 2.11. The van der Waals surface area contributed by atoms with Gasteiger partial charge in [-0.3, -0.25) is 4.90 Å². The number of ether oxygens (including phenoxy) is 2. The van der Waals surface area contributed by atoms with E-state index < -0.39 is 0 Å². The average Bonchev–Trinajstić information content (AvgIpc) is 3.20. The predicted octanol–water partition coefficient (Wildman–Crippen LogP) is 3.26. The smallest absolute Gasteiger partial charge is 0.231 e. The maximum atomic E-state index is 6.12. The largest absolute Gasteiger partial charge is 0.454 e. The van der Waals surface area contributed by atoms with E-state index in [-0.39, 0.29) is 0 Å². The zero-order valence-corrected chi connectivity index (χ0v) is 12.9. The minimum atomic E-state index is 0.313. The zero-order chi connectivity index (χ0) is 14.2. The van der Waals surface area contributed by atoms with Crippen LogP contribution in [0.3, 0.4) is 0 Å². The van der Waals surface area contributed by atoms with Gasteiger partial charge in [0, 0.05) is 24.1 Å². The molecule has 3 heterocycles. The van der Waals surface area contributed by atoms with Crippen LogP contribution in [0.25, 0.3) is 0 Å². The van der Waals surface area contributed by atoms with E-state index >= 15 is 0 Å². The van der Waals surface area contributed by atoms with E-state index in [1.807, 2.05) is 6.07 Å². The van der Waals surface area contributed by atoms with Crippen LogP contribution >= 0.6 is 23.1 Å². The highest BCUT2D eigenvalue weighted by atomic mass is 35.5. The summed E-state index contributed by atoms with van der Waals surface area (Å²) in [4.78, 5) is 2.40. The summed E-state index contributed by atoms with van der Waals surface area (Å²) in [7, 11) is 0. The molecular formula is C14H14ClN3O2S. The molecule has 0 bridgehead atoms. The van der Waals surface area contributed by atoms with E-state index in [0.717, 1.165) is 36.7 Å². The number of rotatable bonds is 3. The monoisotopic (exact) mass is 323 g/mol. The van der Waals surface area contributed by atoms with Gasteiger partial charge in [0.1, 0.15) is 10.0 Å². The van der Waals surface area contributed by atoms with E-state index in [0.29, 0.717) is 17.2 Å². The predicted molar refractivity (Wildman–Crippen MR) is 79.9 cm³/mol. The number of fused-ring (bicyclic) bond motifs is 1. The molecule has 1 fully saturated rings. The molecule has 21 heavy (non-hydrogen) atoms. The van der Waals surface area contributed by atoms with Gasteiger partial charge >= 0.3 is 0 Å². The van der Waals surface area contributed by atoms with Crippen LogP contribution < -0.4 is 9.47 Å². The lowest BCUT2D eigenvalue weighted by Gasteiger charge is -2.24. The van der Waals surface area contributed by atoms with Crippen molar-refractivity contribution in [2.45, 2.75) is 25.4 Å². The first-order valence-corrected chi connectivity index (χ1v) is 8.07. The fourth-order valence-electron chi connectivity index (χ4n) is 3.00. The summed E-state index contributed by atoms with van der Waals surface area (Å²) in [5.41, 5.74) is 2.13. The lowest BCUT2D eigenvalue weighted by molar-refractivity contribution is 0.173. The Labute approximate surface area is 131 Å². The Balaban J connectivity index is 1.57. The fraction of sp³-hybridized carbons (Fsp3) is 0.429. The summed E-state index contributed by atoms with van der Waals surface area (Å²) in [5, 5.41) is 4.12. The lowest BCUT2D eigenvalue weighted by atomic mass is 10.0. The van der Waals surface area contributed by atoms with E-state index in [9.17, 15) is 0 Å². The minimum absolute atomic E-state index is 0.313. The molecule has 0 amide bonds. The summed E-state index contributed by atoms with van der Waals surface area (Å²) in [5.74, 6) is 1.67. The van der Waals surface area contributed by atoms with Crippen molar-refractivity contribution in [1.29, 1.82) is 0 Å². The van der Waals surface area contributed by atoms with E-state index in [1.54, 1.807) is 0 Å². The maximum absolute atomic E-state index is 6.12. The van der Waals surface area contributed by atoms with E-state index in [1.165, 1.54) is 23.5 Å². The van der Waals surface area contributed by atoms with Crippen molar-refractivity contribution in [1.82, 2.24) is 14.5 Å². The third-order valence-corrected chi connectivity index (χ3v) is 4.99. The molecule has 1 atom stereocenters. The summed E-state index contributed by atoms with van der Waals surface area (Å²) in [6, 6.07) is 6.58. The SMILES string of the molecule is Clc1snnc1CN1CCC[C@@H]1c1ccc2c(c1)OCO2. The number of halogens is 1. The second kappa shape index (κ2) is 5.44. The molecule has 2 aliphatic heterocycles. The Kier molecular flexibility index (Phi) is 3.45. The van der Waals surface area contributed by atoms with Crippen LogP contribution in [0, 0.1) is 0 Å². The Hall–Kier alpha value is -1.37. The Morgan fingerprint density at radius 3 is 3.10 bits per heavy atom. The quantitative estimate of drug-likeness (QED) is 0.867. The Morgan fingerprint density at radius 2 is 2.24 bits per heavy atom. The van der Waals surface area contributed by atoms with Crippen molar-refractivity contribution < 1.29 is 9.47 Å². The van der Waals surface area contributed by atoms with Crippen molar-refractivity contribution >= 4 is 23.1 Å². The first-order chi connectivity index (χ1) is 10.3. The molecule has 1 saturated heterocycles. The molecule has 7 heteroatoms. The molecule has 0 saturated carbocycles. The van der Waals surface area contributed by atoms with Gasteiger partial charge in [-0.15, -0.1) is 5.10 Å². The molecule has 2 aromatic rings. The van der Waals surface area contributed by atoms with Gasteiger partial charge in [0.25, 0.3) is 0 Å².